The third kappa shape index (κ3) is 4.10. The van der Waals surface area contributed by atoms with E-state index in [0.717, 1.165) is 12.8 Å². The van der Waals surface area contributed by atoms with Crippen LogP contribution in [0.1, 0.15) is 33.6 Å². The zero-order chi connectivity index (χ0) is 13.1. The highest BCUT2D eigenvalue weighted by molar-refractivity contribution is 5.97. The maximum absolute atomic E-state index is 11.8. The highest BCUT2D eigenvalue weighted by atomic mass is 16.6. The Bertz CT molecular complexity index is 349. The minimum absolute atomic E-state index is 0.224. The molecule has 1 aliphatic heterocycles. The second-order valence-electron chi connectivity index (χ2n) is 5.27. The number of hydrogen-bond donors (Lipinski definition) is 0. The van der Waals surface area contributed by atoms with Gasteiger partial charge in [-0.25, -0.2) is 4.79 Å². The smallest absolute Gasteiger partial charge is 0.410 e. The van der Waals surface area contributed by atoms with Gasteiger partial charge in [0.05, 0.1) is 0 Å². The maximum Gasteiger partial charge on any atom is 0.410 e. The number of terminal acetylenes is 1. The van der Waals surface area contributed by atoms with Gasteiger partial charge in [0.2, 0.25) is 5.78 Å². The molecule has 1 rings (SSSR count). The fraction of sp³-hybridized carbons (Fsp3) is 0.692. The number of rotatable bonds is 1. The Hall–Kier alpha value is -1.50. The van der Waals surface area contributed by atoms with Crippen molar-refractivity contribution >= 4 is 11.9 Å². The van der Waals surface area contributed by atoms with Crippen molar-refractivity contribution in [1.82, 2.24) is 4.90 Å². The third-order valence-corrected chi connectivity index (χ3v) is 2.59. The Labute approximate surface area is 102 Å². The molecule has 1 atom stereocenters. The van der Waals surface area contributed by atoms with Gasteiger partial charge in [-0.1, -0.05) is 0 Å². The molecule has 0 aromatic carbocycles. The molecule has 0 aromatic heterocycles. The predicted octanol–water partition coefficient (Wildman–Crippen LogP) is 1.84. The molecule has 0 aliphatic carbocycles. The number of amides is 1. The summed E-state index contributed by atoms with van der Waals surface area (Å²) in [4.78, 5) is 24.8. The Morgan fingerprint density at radius 3 is 2.59 bits per heavy atom. The number of Topliss-reactive ketones (excluding diaryl/α,β-unsaturated/α-hetero) is 1. The van der Waals surface area contributed by atoms with Crippen LogP contribution in [0.15, 0.2) is 0 Å². The van der Waals surface area contributed by atoms with E-state index in [4.69, 9.17) is 11.2 Å². The van der Waals surface area contributed by atoms with Gasteiger partial charge in [0, 0.05) is 19.0 Å². The molecule has 0 spiro atoms. The van der Waals surface area contributed by atoms with E-state index in [9.17, 15) is 9.59 Å². The van der Waals surface area contributed by atoms with Gasteiger partial charge in [-0.05, 0) is 39.5 Å². The lowest BCUT2D eigenvalue weighted by molar-refractivity contribution is -0.118. The van der Waals surface area contributed by atoms with Gasteiger partial charge in [0.1, 0.15) is 5.60 Å². The first-order chi connectivity index (χ1) is 7.83. The van der Waals surface area contributed by atoms with Crippen molar-refractivity contribution < 1.29 is 14.3 Å². The lowest BCUT2D eigenvalue weighted by Crippen LogP contribution is -2.44. The van der Waals surface area contributed by atoms with Crippen LogP contribution in [0.4, 0.5) is 4.79 Å². The Balaban J connectivity index is 2.58. The quantitative estimate of drug-likeness (QED) is 0.516. The van der Waals surface area contributed by atoms with Gasteiger partial charge in [0.15, 0.2) is 0 Å². The number of carbonyl (C=O) groups excluding carboxylic acids is 2. The molecule has 17 heavy (non-hydrogen) atoms. The van der Waals surface area contributed by atoms with E-state index in [-0.39, 0.29) is 17.8 Å². The zero-order valence-corrected chi connectivity index (χ0v) is 10.7. The van der Waals surface area contributed by atoms with E-state index in [0.29, 0.717) is 13.1 Å². The SMILES string of the molecule is C#CC(=O)C1CCCN(C(=O)OC(C)(C)C)C1. The molecule has 0 radical (unpaired) electrons. The Kier molecular flexibility index (Phi) is 4.17. The molecule has 1 heterocycles. The van der Waals surface area contributed by atoms with Crippen LogP contribution in [0, 0.1) is 18.3 Å². The lowest BCUT2D eigenvalue weighted by atomic mass is 9.94. The summed E-state index contributed by atoms with van der Waals surface area (Å²) in [7, 11) is 0. The molecule has 0 aromatic rings. The van der Waals surface area contributed by atoms with Crippen molar-refractivity contribution in [2.45, 2.75) is 39.2 Å². The van der Waals surface area contributed by atoms with Crippen molar-refractivity contribution in [2.24, 2.45) is 5.92 Å². The molecule has 1 amide bonds. The molecule has 1 fully saturated rings. The molecule has 0 bridgehead atoms. The molecular formula is C13H19NO3. The number of ketones is 1. The first-order valence-electron chi connectivity index (χ1n) is 5.82. The van der Waals surface area contributed by atoms with E-state index in [1.807, 2.05) is 20.8 Å². The fourth-order valence-corrected chi connectivity index (χ4v) is 1.80. The highest BCUT2D eigenvalue weighted by Gasteiger charge is 2.30. The van der Waals surface area contributed by atoms with E-state index in [1.165, 1.54) is 0 Å². The number of nitrogens with zero attached hydrogens (tertiary/aromatic N) is 1. The number of hydrogen-bond acceptors (Lipinski definition) is 3. The molecule has 0 N–H and O–H groups in total. The number of ether oxygens (including phenoxy) is 1. The standard InChI is InChI=1S/C13H19NO3/c1-5-11(15)10-7-6-8-14(9-10)12(16)17-13(2,3)4/h1,10H,6-9H2,2-4H3. The summed E-state index contributed by atoms with van der Waals surface area (Å²) in [6.07, 6.45) is 6.26. The molecule has 1 unspecified atom stereocenters. The van der Waals surface area contributed by atoms with E-state index in [1.54, 1.807) is 4.90 Å². The van der Waals surface area contributed by atoms with Crippen LogP contribution in [-0.4, -0.2) is 35.5 Å². The van der Waals surface area contributed by atoms with Crippen molar-refractivity contribution in [2.75, 3.05) is 13.1 Å². The van der Waals surface area contributed by atoms with E-state index in [2.05, 4.69) is 5.92 Å². The van der Waals surface area contributed by atoms with Crippen LogP contribution >= 0.6 is 0 Å². The number of piperidine rings is 1. The lowest BCUT2D eigenvalue weighted by Gasteiger charge is -2.32. The second kappa shape index (κ2) is 5.22. The van der Waals surface area contributed by atoms with Crippen LogP contribution in [-0.2, 0) is 9.53 Å². The predicted molar refractivity (Wildman–Crippen MR) is 64.4 cm³/mol. The zero-order valence-electron chi connectivity index (χ0n) is 10.7. The monoisotopic (exact) mass is 237 g/mol. The van der Waals surface area contributed by atoms with Gasteiger partial charge < -0.3 is 9.64 Å². The first-order valence-corrected chi connectivity index (χ1v) is 5.82. The fourth-order valence-electron chi connectivity index (χ4n) is 1.80. The summed E-state index contributed by atoms with van der Waals surface area (Å²) >= 11 is 0. The number of carbonyl (C=O) groups is 2. The van der Waals surface area contributed by atoms with Crippen molar-refractivity contribution in [3.05, 3.63) is 0 Å². The summed E-state index contributed by atoms with van der Waals surface area (Å²) in [6, 6.07) is 0. The molecule has 4 nitrogen and oxygen atoms in total. The van der Waals surface area contributed by atoms with E-state index >= 15 is 0 Å². The van der Waals surface area contributed by atoms with Crippen molar-refractivity contribution in [3.63, 3.8) is 0 Å². The highest BCUT2D eigenvalue weighted by Crippen LogP contribution is 2.19. The van der Waals surface area contributed by atoms with E-state index < -0.39 is 5.60 Å². The summed E-state index contributed by atoms with van der Waals surface area (Å²) in [5.74, 6) is 1.67. The molecular weight excluding hydrogens is 218 g/mol. The number of likely N-dealkylation sites (tertiary alicyclic amines) is 1. The van der Waals surface area contributed by atoms with Gasteiger partial charge in [0.25, 0.3) is 0 Å². The summed E-state index contributed by atoms with van der Waals surface area (Å²) in [5, 5.41) is 0. The molecule has 94 valence electrons. The second-order valence-corrected chi connectivity index (χ2v) is 5.27. The maximum atomic E-state index is 11.8. The van der Waals surface area contributed by atoms with Gasteiger partial charge in [-0.15, -0.1) is 6.42 Å². The normalized spacial score (nSPS) is 20.6. The first kappa shape index (κ1) is 13.6. The Morgan fingerprint density at radius 1 is 1.41 bits per heavy atom. The van der Waals surface area contributed by atoms with Crippen LogP contribution in [0.25, 0.3) is 0 Å². The summed E-state index contributed by atoms with van der Waals surface area (Å²) < 4.78 is 5.26. The van der Waals surface area contributed by atoms with Crippen LogP contribution in [0.3, 0.4) is 0 Å². The average molecular weight is 237 g/mol. The van der Waals surface area contributed by atoms with Crippen molar-refractivity contribution in [1.29, 1.82) is 0 Å². The molecule has 1 saturated heterocycles. The summed E-state index contributed by atoms with van der Waals surface area (Å²) in [6.45, 7) is 6.46. The molecule has 4 heteroatoms. The van der Waals surface area contributed by atoms with Gasteiger partial charge in [-0.2, -0.15) is 0 Å². The molecule has 1 aliphatic rings. The summed E-state index contributed by atoms with van der Waals surface area (Å²) in [5.41, 5.74) is -0.514. The van der Waals surface area contributed by atoms with Crippen LogP contribution < -0.4 is 0 Å². The Morgan fingerprint density at radius 2 is 2.06 bits per heavy atom. The third-order valence-electron chi connectivity index (χ3n) is 2.59. The minimum Gasteiger partial charge on any atom is -0.444 e. The van der Waals surface area contributed by atoms with Crippen molar-refractivity contribution in [3.8, 4) is 12.3 Å². The van der Waals surface area contributed by atoms with Gasteiger partial charge in [-0.3, -0.25) is 4.79 Å². The van der Waals surface area contributed by atoms with Crippen LogP contribution in [0.2, 0.25) is 0 Å². The topological polar surface area (TPSA) is 46.6 Å². The minimum atomic E-state index is -0.514. The largest absolute Gasteiger partial charge is 0.444 e. The van der Waals surface area contributed by atoms with Gasteiger partial charge >= 0.3 is 6.09 Å². The molecule has 0 saturated carbocycles. The van der Waals surface area contributed by atoms with Crippen LogP contribution in [0.5, 0.6) is 0 Å². The average Bonchev–Trinajstić information content (AvgIpc) is 2.26.